The molecule has 0 bridgehead atoms. The second kappa shape index (κ2) is 32.8. The highest BCUT2D eigenvalue weighted by molar-refractivity contribution is 5.76. The second-order valence-corrected chi connectivity index (χ2v) is 19.6. The van der Waals surface area contributed by atoms with Crippen molar-refractivity contribution in [2.24, 2.45) is 5.73 Å². The maximum atomic E-state index is 12.7. The molecule has 0 aliphatic carbocycles. The van der Waals surface area contributed by atoms with Crippen molar-refractivity contribution in [3.05, 3.63) is 22.9 Å². The standard InChI is InChI=1S/C47H79N5O31/c1-15-31(61)38(68)39(69)47(76-15)75-14-73-12-25-41(36(66)29(42(70)77-25)51-18(4)58)83-44(72)28(50-17(3)57)33(63)22(8-10-54)79-46-30(52-19(5)59)37(67)40(23(11-55)80-46)82-43(71)27(49-16(2)56)32(62)21(7-9-53)78-45-26(48)35(65)34(64)24(81-45)13-74-20(6)60/h15,21-26,29-31,34-47,53-55,61-72H,7-14,48H2,1-6H3,(H,49,56)(H,50,57)(H,51,58)(H,52,59)/b32-27-,33-28-. The number of hydrogen-bond acceptors (Lipinski definition) is 32. The highest BCUT2D eigenvalue weighted by Gasteiger charge is 2.52. The Kier molecular flexibility index (Phi) is 28.1. The van der Waals surface area contributed by atoms with Crippen molar-refractivity contribution < 1.29 is 153 Å². The Morgan fingerprint density at radius 2 is 1.04 bits per heavy atom. The van der Waals surface area contributed by atoms with E-state index in [1.54, 1.807) is 0 Å². The number of nitrogens with one attached hydrogen (secondary N) is 4. The molecule has 478 valence electrons. The molecule has 24 atom stereocenters. The lowest BCUT2D eigenvalue weighted by molar-refractivity contribution is -0.318. The Morgan fingerprint density at radius 3 is 1.53 bits per heavy atom. The molecule has 0 radical (unpaired) electrons. The molecule has 83 heavy (non-hydrogen) atoms. The molecule has 36 nitrogen and oxygen atoms in total. The average molecular weight is 1210 g/mol. The molecule has 4 aliphatic heterocycles. The number of nitrogens with two attached hydrogens (primary N) is 1. The Labute approximate surface area is 473 Å². The minimum absolute atomic E-state index is 0.556. The van der Waals surface area contributed by atoms with Crippen LogP contribution in [0.15, 0.2) is 22.9 Å². The third kappa shape index (κ3) is 19.2. The van der Waals surface area contributed by atoms with Gasteiger partial charge in [-0.1, -0.05) is 0 Å². The van der Waals surface area contributed by atoms with E-state index in [1.165, 1.54) is 6.92 Å². The summed E-state index contributed by atoms with van der Waals surface area (Å²) in [5.41, 5.74) is 4.16. The van der Waals surface area contributed by atoms with Gasteiger partial charge in [-0.2, -0.15) is 0 Å². The maximum absolute atomic E-state index is 12.7. The Balaban J connectivity index is 1.64. The number of esters is 1. The summed E-state index contributed by atoms with van der Waals surface area (Å²) in [4.78, 5) is 61.4. The molecule has 36 heteroatoms. The van der Waals surface area contributed by atoms with Gasteiger partial charge in [-0.15, -0.1) is 0 Å². The van der Waals surface area contributed by atoms with E-state index in [9.17, 15) is 101 Å². The van der Waals surface area contributed by atoms with Crippen LogP contribution in [0.1, 0.15) is 54.4 Å². The normalized spacial score (nSPS) is 36.0. The van der Waals surface area contributed by atoms with Crippen molar-refractivity contribution in [3.63, 3.8) is 0 Å². The van der Waals surface area contributed by atoms with Crippen molar-refractivity contribution in [1.82, 2.24) is 21.3 Å². The summed E-state index contributed by atoms with van der Waals surface area (Å²) < 4.78 is 61.2. The Morgan fingerprint density at radius 1 is 0.542 bits per heavy atom. The van der Waals surface area contributed by atoms with E-state index < -0.39 is 253 Å². The lowest BCUT2D eigenvalue weighted by atomic mass is 9.96. The smallest absolute Gasteiger partial charge is 0.302 e. The summed E-state index contributed by atoms with van der Waals surface area (Å²) in [6, 6.07) is -5.10. The van der Waals surface area contributed by atoms with E-state index >= 15 is 0 Å². The van der Waals surface area contributed by atoms with Crippen molar-refractivity contribution >= 4 is 29.6 Å². The van der Waals surface area contributed by atoms with Crippen LogP contribution in [0.3, 0.4) is 0 Å². The number of ether oxygens (including phenoxy) is 11. The molecule has 0 saturated carbocycles. The fourth-order valence-electron chi connectivity index (χ4n) is 8.97. The third-order valence-electron chi connectivity index (χ3n) is 13.1. The number of amides is 4. The first-order chi connectivity index (χ1) is 39.0. The van der Waals surface area contributed by atoms with Gasteiger partial charge in [-0.05, 0) is 6.92 Å². The lowest BCUT2D eigenvalue weighted by Gasteiger charge is -2.45. The molecule has 4 heterocycles. The van der Waals surface area contributed by atoms with E-state index in [4.69, 9.17) is 57.8 Å². The number of aliphatic hydroxyl groups is 15. The summed E-state index contributed by atoms with van der Waals surface area (Å²) in [7, 11) is 0. The van der Waals surface area contributed by atoms with Crippen LogP contribution in [0.4, 0.5) is 0 Å². The molecule has 0 aromatic carbocycles. The SMILES string of the molecule is CC(=O)N/C(=C(\O)C(CCO)OC1OC(COC(C)=O)C(O)C(O)C1N)C(O)OC1C(CO)OC(OC(CCO)/C(O)=C(/NC(C)=O)C(O)OC2C(COCOC3OC(C)C(O)C(O)C3O)OC(O)C(NC(C)=O)C2O)C(NC(C)=O)C1O. The number of rotatable bonds is 28. The topological polar surface area (TPSA) is 564 Å². The van der Waals surface area contributed by atoms with E-state index in [0.717, 1.165) is 34.6 Å². The molecular weight excluding hydrogens is 1130 g/mol. The molecule has 0 spiro atoms. The van der Waals surface area contributed by atoms with Crippen LogP contribution in [0, 0.1) is 0 Å². The predicted molar refractivity (Wildman–Crippen MR) is 265 cm³/mol. The number of carbonyl (C=O) groups excluding carboxylic acids is 5. The van der Waals surface area contributed by atoms with Crippen LogP contribution in [0.5, 0.6) is 0 Å². The molecule has 21 N–H and O–H groups in total. The zero-order valence-electron chi connectivity index (χ0n) is 45.8. The van der Waals surface area contributed by atoms with Gasteiger partial charge in [0.15, 0.2) is 37.7 Å². The molecule has 24 unspecified atom stereocenters. The van der Waals surface area contributed by atoms with Gasteiger partial charge in [0.25, 0.3) is 0 Å². The van der Waals surface area contributed by atoms with Gasteiger partial charge in [0.2, 0.25) is 23.6 Å². The van der Waals surface area contributed by atoms with E-state index in [1.807, 2.05) is 0 Å². The van der Waals surface area contributed by atoms with Gasteiger partial charge in [0.05, 0.1) is 25.4 Å². The second-order valence-electron chi connectivity index (χ2n) is 19.6. The van der Waals surface area contributed by atoms with Crippen LogP contribution in [-0.2, 0) is 76.1 Å². The van der Waals surface area contributed by atoms with Crippen molar-refractivity contribution in [1.29, 1.82) is 0 Å². The van der Waals surface area contributed by atoms with Gasteiger partial charge in [0.1, 0.15) is 134 Å². The fourth-order valence-corrected chi connectivity index (χ4v) is 8.97. The molecule has 4 fully saturated rings. The van der Waals surface area contributed by atoms with Crippen LogP contribution in [0.2, 0.25) is 0 Å². The van der Waals surface area contributed by atoms with Gasteiger partial charge in [-0.3, -0.25) is 24.0 Å². The highest BCUT2D eigenvalue weighted by atomic mass is 16.8. The van der Waals surface area contributed by atoms with Crippen LogP contribution >= 0.6 is 0 Å². The van der Waals surface area contributed by atoms with Gasteiger partial charge in [-0.25, -0.2) is 0 Å². The Bertz CT molecular complexity index is 2180. The lowest BCUT2D eigenvalue weighted by Crippen LogP contribution is -2.66. The van der Waals surface area contributed by atoms with E-state index in [2.05, 4.69) is 21.3 Å². The molecule has 4 aliphatic rings. The minimum Gasteiger partial charge on any atom is -0.507 e. The fraction of sp³-hybridized carbons (Fsp3) is 0.809. The van der Waals surface area contributed by atoms with Gasteiger partial charge in [0, 0.05) is 60.7 Å². The largest absolute Gasteiger partial charge is 0.507 e. The maximum Gasteiger partial charge on any atom is 0.302 e. The summed E-state index contributed by atoms with van der Waals surface area (Å²) in [5.74, 6) is -6.69. The summed E-state index contributed by atoms with van der Waals surface area (Å²) in [5, 5.41) is 172. The first kappa shape index (κ1) is 71.0. The number of carbonyl (C=O) groups is 5. The zero-order chi connectivity index (χ0) is 62.3. The average Bonchev–Trinajstić information content (AvgIpc) is 3.62. The summed E-state index contributed by atoms with van der Waals surface area (Å²) >= 11 is 0. The first-order valence-electron chi connectivity index (χ1n) is 25.9. The van der Waals surface area contributed by atoms with E-state index in [0.29, 0.717) is 0 Å². The van der Waals surface area contributed by atoms with Crippen LogP contribution in [0.25, 0.3) is 0 Å². The molecule has 4 amide bonds. The first-order valence-corrected chi connectivity index (χ1v) is 25.9. The molecule has 0 aromatic heterocycles. The van der Waals surface area contributed by atoms with Crippen molar-refractivity contribution in [3.8, 4) is 0 Å². The van der Waals surface area contributed by atoms with Crippen molar-refractivity contribution in [2.45, 2.75) is 202 Å². The summed E-state index contributed by atoms with van der Waals surface area (Å²) in [6.07, 6.45) is -39.7. The molecular formula is C47H79N5O31. The molecule has 4 rings (SSSR count). The summed E-state index contributed by atoms with van der Waals surface area (Å²) in [6.45, 7) is 1.47. The van der Waals surface area contributed by atoms with Gasteiger partial charge >= 0.3 is 5.97 Å². The molecule has 4 saturated heterocycles. The minimum atomic E-state index is -2.56. The third-order valence-corrected chi connectivity index (χ3v) is 13.1. The monoisotopic (exact) mass is 1210 g/mol. The van der Waals surface area contributed by atoms with Gasteiger partial charge < -0.3 is 156 Å². The number of aliphatic hydroxyl groups excluding tert-OH is 15. The van der Waals surface area contributed by atoms with Crippen LogP contribution in [-0.4, -0.2) is 293 Å². The zero-order valence-corrected chi connectivity index (χ0v) is 45.8. The Hall–Kier alpha value is -4.53. The highest BCUT2D eigenvalue weighted by Crippen LogP contribution is 2.32. The quantitative estimate of drug-likeness (QED) is 0.0150. The molecule has 0 aromatic rings. The number of hydrogen-bond donors (Lipinski definition) is 20. The predicted octanol–water partition coefficient (Wildman–Crippen LogP) is -9.94. The van der Waals surface area contributed by atoms with Crippen molar-refractivity contribution in [2.75, 3.05) is 39.8 Å². The van der Waals surface area contributed by atoms with E-state index in [-0.39, 0.29) is 0 Å². The van der Waals surface area contributed by atoms with Crippen LogP contribution < -0.4 is 27.0 Å².